The molecule has 0 unspecified atom stereocenters. The fourth-order valence-electron chi connectivity index (χ4n) is 3.51. The van der Waals surface area contributed by atoms with Gasteiger partial charge in [-0.25, -0.2) is 8.42 Å². The van der Waals surface area contributed by atoms with Crippen LogP contribution in [0, 0.1) is 12.8 Å². The zero-order valence-electron chi connectivity index (χ0n) is 17.0. The minimum atomic E-state index is -3.49. The van der Waals surface area contributed by atoms with Gasteiger partial charge in [0.2, 0.25) is 15.9 Å². The number of nitrogens with zero attached hydrogens (tertiary/aromatic N) is 2. The number of aryl methyl sites for hydroxylation is 1. The van der Waals surface area contributed by atoms with E-state index in [9.17, 15) is 13.2 Å². The molecule has 0 aromatic heterocycles. The number of sulfonamides is 1. The van der Waals surface area contributed by atoms with E-state index in [4.69, 9.17) is 4.74 Å². The van der Waals surface area contributed by atoms with Crippen LogP contribution in [-0.4, -0.2) is 56.8 Å². The molecular formula is C22H28N2O4S. The van der Waals surface area contributed by atoms with Crippen LogP contribution < -0.4 is 4.74 Å². The lowest BCUT2D eigenvalue weighted by Crippen LogP contribution is -2.44. The quantitative estimate of drug-likeness (QED) is 0.696. The SMILES string of the molecule is Cc1cccc(OCCN(C)C(=O)C2CCN(S(=O)(=O)c3ccccc3)CC2)c1. The highest BCUT2D eigenvalue weighted by molar-refractivity contribution is 7.89. The van der Waals surface area contributed by atoms with Crippen molar-refractivity contribution in [2.45, 2.75) is 24.7 Å². The molecule has 1 saturated heterocycles. The van der Waals surface area contributed by atoms with Crippen LogP contribution in [0.15, 0.2) is 59.5 Å². The highest BCUT2D eigenvalue weighted by Crippen LogP contribution is 2.25. The molecule has 7 heteroatoms. The third-order valence-corrected chi connectivity index (χ3v) is 7.16. The fourth-order valence-corrected chi connectivity index (χ4v) is 5.00. The molecular weight excluding hydrogens is 388 g/mol. The first-order valence-electron chi connectivity index (χ1n) is 9.87. The first-order chi connectivity index (χ1) is 13.9. The molecule has 1 fully saturated rings. The van der Waals surface area contributed by atoms with Crippen molar-refractivity contribution in [1.82, 2.24) is 9.21 Å². The van der Waals surface area contributed by atoms with Crippen molar-refractivity contribution in [2.24, 2.45) is 5.92 Å². The van der Waals surface area contributed by atoms with E-state index in [1.165, 1.54) is 4.31 Å². The lowest BCUT2D eigenvalue weighted by molar-refractivity contribution is -0.135. The smallest absolute Gasteiger partial charge is 0.243 e. The van der Waals surface area contributed by atoms with Crippen LogP contribution in [0.3, 0.4) is 0 Å². The second-order valence-electron chi connectivity index (χ2n) is 7.42. The summed E-state index contributed by atoms with van der Waals surface area (Å²) in [4.78, 5) is 14.7. The standard InChI is InChI=1S/C22H28N2O4S/c1-18-7-6-8-20(17-18)28-16-15-23(2)22(25)19-11-13-24(14-12-19)29(26,27)21-9-4-3-5-10-21/h3-10,17,19H,11-16H2,1-2H3. The summed E-state index contributed by atoms with van der Waals surface area (Å²) in [5.74, 6) is 0.695. The summed E-state index contributed by atoms with van der Waals surface area (Å²) < 4.78 is 32.6. The monoisotopic (exact) mass is 416 g/mol. The molecule has 156 valence electrons. The van der Waals surface area contributed by atoms with Gasteiger partial charge in [0.25, 0.3) is 0 Å². The number of hydrogen-bond acceptors (Lipinski definition) is 4. The van der Waals surface area contributed by atoms with Crippen molar-refractivity contribution < 1.29 is 17.9 Å². The molecule has 0 atom stereocenters. The first kappa shape index (κ1) is 21.3. The average molecular weight is 417 g/mol. The number of carbonyl (C=O) groups excluding carboxylic acids is 1. The van der Waals surface area contributed by atoms with Crippen LogP contribution in [0.25, 0.3) is 0 Å². The normalized spacial score (nSPS) is 15.8. The molecule has 29 heavy (non-hydrogen) atoms. The van der Waals surface area contributed by atoms with E-state index in [0.717, 1.165) is 11.3 Å². The van der Waals surface area contributed by atoms with Crippen LogP contribution in [0.5, 0.6) is 5.75 Å². The van der Waals surface area contributed by atoms with E-state index < -0.39 is 10.0 Å². The van der Waals surface area contributed by atoms with Crippen LogP contribution >= 0.6 is 0 Å². The summed E-state index contributed by atoms with van der Waals surface area (Å²) in [5.41, 5.74) is 1.13. The van der Waals surface area contributed by atoms with E-state index in [1.807, 2.05) is 31.2 Å². The van der Waals surface area contributed by atoms with Gasteiger partial charge in [0.05, 0.1) is 11.4 Å². The van der Waals surface area contributed by atoms with Crippen LogP contribution in [0.1, 0.15) is 18.4 Å². The molecule has 0 bridgehead atoms. The Hall–Kier alpha value is -2.38. The van der Waals surface area contributed by atoms with E-state index in [-0.39, 0.29) is 11.8 Å². The van der Waals surface area contributed by atoms with Gasteiger partial charge in [0, 0.05) is 26.1 Å². The van der Waals surface area contributed by atoms with Crippen LogP contribution in [0.4, 0.5) is 0 Å². The third-order valence-electron chi connectivity index (χ3n) is 5.25. The summed E-state index contributed by atoms with van der Waals surface area (Å²) in [6.45, 7) is 3.65. The van der Waals surface area contributed by atoms with Gasteiger partial charge in [-0.05, 0) is 49.6 Å². The van der Waals surface area contributed by atoms with Crippen LogP contribution in [-0.2, 0) is 14.8 Å². The van der Waals surface area contributed by atoms with E-state index >= 15 is 0 Å². The maximum atomic E-state index is 12.7. The Bertz CT molecular complexity index is 923. The number of rotatable bonds is 7. The van der Waals surface area contributed by atoms with E-state index in [1.54, 1.807) is 42.3 Å². The van der Waals surface area contributed by atoms with E-state index in [2.05, 4.69) is 0 Å². The summed E-state index contributed by atoms with van der Waals surface area (Å²) in [5, 5.41) is 0. The maximum absolute atomic E-state index is 12.7. The Kier molecular flexibility index (Phi) is 6.92. The number of piperidine rings is 1. The molecule has 1 aliphatic heterocycles. The second kappa shape index (κ2) is 9.41. The Labute approximate surface area is 173 Å². The molecule has 2 aromatic carbocycles. The topological polar surface area (TPSA) is 66.9 Å². The summed E-state index contributed by atoms with van der Waals surface area (Å²) in [6, 6.07) is 16.3. The Morgan fingerprint density at radius 1 is 1.10 bits per heavy atom. The van der Waals surface area contributed by atoms with E-state index in [0.29, 0.717) is 44.0 Å². The van der Waals surface area contributed by atoms with Gasteiger partial charge < -0.3 is 9.64 Å². The molecule has 3 rings (SSSR count). The summed E-state index contributed by atoms with van der Waals surface area (Å²) in [7, 11) is -1.72. The summed E-state index contributed by atoms with van der Waals surface area (Å²) >= 11 is 0. The zero-order chi connectivity index (χ0) is 20.9. The lowest BCUT2D eigenvalue weighted by atomic mass is 9.97. The molecule has 0 spiro atoms. The van der Waals surface area contributed by atoms with Gasteiger partial charge in [-0.1, -0.05) is 30.3 Å². The molecule has 2 aromatic rings. The van der Waals surface area contributed by atoms with Crippen molar-refractivity contribution >= 4 is 15.9 Å². The number of benzene rings is 2. The van der Waals surface area contributed by atoms with Gasteiger partial charge in [-0.3, -0.25) is 4.79 Å². The molecule has 0 N–H and O–H groups in total. The largest absolute Gasteiger partial charge is 0.492 e. The number of amides is 1. The minimum absolute atomic E-state index is 0.0506. The van der Waals surface area contributed by atoms with Crippen molar-refractivity contribution in [1.29, 1.82) is 0 Å². The molecule has 0 radical (unpaired) electrons. The second-order valence-corrected chi connectivity index (χ2v) is 9.35. The van der Waals surface area contributed by atoms with Crippen molar-refractivity contribution in [3.63, 3.8) is 0 Å². The predicted octanol–water partition coefficient (Wildman–Crippen LogP) is 2.93. The number of ether oxygens (including phenoxy) is 1. The van der Waals surface area contributed by atoms with Crippen molar-refractivity contribution in [2.75, 3.05) is 33.3 Å². The molecule has 1 aliphatic rings. The van der Waals surface area contributed by atoms with Gasteiger partial charge in [0.1, 0.15) is 12.4 Å². The highest BCUT2D eigenvalue weighted by Gasteiger charge is 2.33. The number of hydrogen-bond donors (Lipinski definition) is 0. The van der Waals surface area contributed by atoms with Crippen molar-refractivity contribution in [3.8, 4) is 5.75 Å². The van der Waals surface area contributed by atoms with Crippen LogP contribution in [0.2, 0.25) is 0 Å². The first-order valence-corrected chi connectivity index (χ1v) is 11.3. The maximum Gasteiger partial charge on any atom is 0.243 e. The average Bonchev–Trinajstić information content (AvgIpc) is 2.74. The molecule has 0 aliphatic carbocycles. The van der Waals surface area contributed by atoms with Gasteiger partial charge in [-0.2, -0.15) is 4.31 Å². The van der Waals surface area contributed by atoms with Gasteiger partial charge in [0.15, 0.2) is 0 Å². The minimum Gasteiger partial charge on any atom is -0.492 e. The number of carbonyl (C=O) groups is 1. The molecule has 6 nitrogen and oxygen atoms in total. The Balaban J connectivity index is 1.48. The Morgan fingerprint density at radius 3 is 2.45 bits per heavy atom. The molecule has 1 amide bonds. The number of likely N-dealkylation sites (N-methyl/N-ethyl adjacent to an activating group) is 1. The van der Waals surface area contributed by atoms with Gasteiger partial charge in [-0.15, -0.1) is 0 Å². The zero-order valence-corrected chi connectivity index (χ0v) is 17.8. The third kappa shape index (κ3) is 5.36. The Morgan fingerprint density at radius 2 is 1.79 bits per heavy atom. The van der Waals surface area contributed by atoms with Crippen molar-refractivity contribution in [3.05, 3.63) is 60.2 Å². The predicted molar refractivity (Wildman–Crippen MR) is 112 cm³/mol. The van der Waals surface area contributed by atoms with Gasteiger partial charge >= 0.3 is 0 Å². The molecule has 0 saturated carbocycles. The molecule has 1 heterocycles. The lowest BCUT2D eigenvalue weighted by Gasteiger charge is -2.32. The summed E-state index contributed by atoms with van der Waals surface area (Å²) in [6.07, 6.45) is 1.07. The fraction of sp³-hybridized carbons (Fsp3) is 0.409. The highest BCUT2D eigenvalue weighted by atomic mass is 32.2.